The number of carbonyl (C=O) groups excluding carboxylic acids is 1. The van der Waals surface area contributed by atoms with Crippen LogP contribution in [0.15, 0.2) is 87.3 Å². The van der Waals surface area contributed by atoms with Crippen LogP contribution < -0.4 is 15.2 Å². The average Bonchev–Trinajstić information content (AvgIpc) is 3.50. The fourth-order valence-corrected chi connectivity index (χ4v) is 6.24. The van der Waals surface area contributed by atoms with Gasteiger partial charge in [0.05, 0.1) is 39.5 Å². The van der Waals surface area contributed by atoms with E-state index in [1.807, 2.05) is 36.4 Å². The van der Waals surface area contributed by atoms with E-state index in [2.05, 4.69) is 10.1 Å². The topological polar surface area (TPSA) is 85.0 Å². The number of hydrogen-bond donors (Lipinski definition) is 0. The highest BCUT2D eigenvalue weighted by atomic mass is 35.5. The minimum Gasteiger partial charge on any atom is -0.497 e. The Balaban J connectivity index is 1.48. The monoisotopic (exact) mass is 545 g/mol. The molecule has 10 heteroatoms. The first kappa shape index (κ1) is 23.4. The third-order valence-corrected chi connectivity index (χ3v) is 8.36. The Kier molecular flexibility index (Phi) is 5.96. The van der Waals surface area contributed by atoms with Crippen LogP contribution in [0.1, 0.15) is 15.2 Å². The maximum absolute atomic E-state index is 13.8. The predicted octanol–water partition coefficient (Wildman–Crippen LogP) is 6.96. The van der Waals surface area contributed by atoms with Gasteiger partial charge in [-0.1, -0.05) is 53.3 Å². The number of amides is 1. The summed E-state index contributed by atoms with van der Waals surface area (Å²) in [5.74, 6) is 0.212. The lowest BCUT2D eigenvalue weighted by Gasteiger charge is -2.13. The van der Waals surface area contributed by atoms with E-state index in [0.29, 0.717) is 37.3 Å². The van der Waals surface area contributed by atoms with Crippen molar-refractivity contribution in [2.45, 2.75) is 0 Å². The van der Waals surface area contributed by atoms with Gasteiger partial charge in [0.1, 0.15) is 22.5 Å². The van der Waals surface area contributed by atoms with Crippen molar-refractivity contribution in [3.63, 3.8) is 0 Å². The minimum absolute atomic E-state index is 0.196. The molecule has 0 unspecified atom stereocenters. The number of benzene rings is 3. The van der Waals surface area contributed by atoms with Gasteiger partial charge in [-0.05, 0) is 36.4 Å². The number of methoxy groups -OCH3 is 1. The molecule has 0 fully saturated rings. The number of halogens is 1. The maximum atomic E-state index is 13.8. The second-order valence-corrected chi connectivity index (χ2v) is 10.4. The van der Waals surface area contributed by atoms with E-state index >= 15 is 0 Å². The molecule has 0 atom stereocenters. The van der Waals surface area contributed by atoms with Crippen LogP contribution in [0.5, 0.6) is 5.75 Å². The molecular weight excluding hydrogens is 530 g/mol. The van der Waals surface area contributed by atoms with E-state index in [0.717, 1.165) is 14.8 Å². The SMILES string of the molecule is COc1ccc2nc(N(/N=C/c3coc4ccccc4c3=O)C(=O)c3sc4ccccc4c3Cl)sc2c1. The Morgan fingerprint density at radius 1 is 1.05 bits per heavy atom. The quantitative estimate of drug-likeness (QED) is 0.173. The van der Waals surface area contributed by atoms with Gasteiger partial charge in [0.25, 0.3) is 5.91 Å². The number of rotatable bonds is 5. The maximum Gasteiger partial charge on any atom is 0.292 e. The van der Waals surface area contributed by atoms with Crippen molar-refractivity contribution in [1.29, 1.82) is 0 Å². The number of nitrogens with zero attached hydrogens (tertiary/aromatic N) is 3. The number of thiophene rings is 1. The van der Waals surface area contributed by atoms with Crippen molar-refractivity contribution in [3.05, 3.63) is 98.7 Å². The highest BCUT2D eigenvalue weighted by Gasteiger charge is 2.26. The highest BCUT2D eigenvalue weighted by molar-refractivity contribution is 7.23. The van der Waals surface area contributed by atoms with Crippen LogP contribution in [-0.2, 0) is 0 Å². The molecule has 0 saturated carbocycles. The van der Waals surface area contributed by atoms with Gasteiger partial charge in [0.2, 0.25) is 10.6 Å². The molecule has 7 nitrogen and oxygen atoms in total. The normalized spacial score (nSPS) is 11.6. The Bertz CT molecular complexity index is 1910. The van der Waals surface area contributed by atoms with Crippen LogP contribution in [0.2, 0.25) is 5.02 Å². The summed E-state index contributed by atoms with van der Waals surface area (Å²) in [5, 5.41) is 7.46. The number of aromatic nitrogens is 1. The van der Waals surface area contributed by atoms with Gasteiger partial charge in [-0.3, -0.25) is 9.59 Å². The second kappa shape index (κ2) is 9.44. The zero-order valence-corrected chi connectivity index (χ0v) is 21.6. The van der Waals surface area contributed by atoms with Crippen molar-refractivity contribution in [2.75, 3.05) is 12.1 Å². The van der Waals surface area contributed by atoms with E-state index in [-0.39, 0.29) is 11.0 Å². The molecule has 0 aliphatic heterocycles. The number of carbonyl (C=O) groups is 1. The molecule has 3 aromatic carbocycles. The van der Waals surface area contributed by atoms with E-state index in [1.165, 1.54) is 40.2 Å². The number of thiazole rings is 1. The molecule has 3 heterocycles. The number of hydrazone groups is 1. The highest BCUT2D eigenvalue weighted by Crippen LogP contribution is 2.38. The van der Waals surface area contributed by atoms with E-state index in [1.54, 1.807) is 37.4 Å². The van der Waals surface area contributed by atoms with Gasteiger partial charge in [-0.2, -0.15) is 10.1 Å². The molecule has 1 amide bonds. The third kappa shape index (κ3) is 4.17. The molecule has 0 saturated heterocycles. The van der Waals surface area contributed by atoms with Crippen LogP contribution in [0.4, 0.5) is 5.13 Å². The van der Waals surface area contributed by atoms with E-state index < -0.39 is 5.91 Å². The Morgan fingerprint density at radius 3 is 2.65 bits per heavy atom. The molecule has 182 valence electrons. The molecule has 0 bridgehead atoms. The van der Waals surface area contributed by atoms with E-state index in [9.17, 15) is 9.59 Å². The first-order valence-electron chi connectivity index (χ1n) is 11.0. The first-order valence-corrected chi connectivity index (χ1v) is 13.0. The standard InChI is InChI=1S/C27H16ClN3O4S2/c1-34-16-10-11-19-22(12-16)37-27(30-19)31(26(33)25-23(28)18-7-3-5-9-21(18)36-25)29-13-15-14-35-20-8-4-2-6-17(20)24(15)32/h2-14H,1H3/b29-13+. The van der Waals surface area contributed by atoms with Crippen LogP contribution in [-0.4, -0.2) is 24.2 Å². The Hall–Kier alpha value is -4.05. The molecule has 3 aromatic heterocycles. The van der Waals surface area contributed by atoms with Crippen molar-refractivity contribution in [3.8, 4) is 5.75 Å². The fourth-order valence-electron chi connectivity index (χ4n) is 3.85. The smallest absolute Gasteiger partial charge is 0.292 e. The summed E-state index contributed by atoms with van der Waals surface area (Å²) < 4.78 is 12.6. The van der Waals surface area contributed by atoms with Crippen molar-refractivity contribution in [1.82, 2.24) is 4.98 Å². The Morgan fingerprint density at radius 2 is 1.84 bits per heavy atom. The summed E-state index contributed by atoms with van der Waals surface area (Å²) in [6.07, 6.45) is 2.64. The van der Waals surface area contributed by atoms with Crippen LogP contribution >= 0.6 is 34.3 Å². The average molecular weight is 546 g/mol. The number of para-hydroxylation sites is 1. The Labute approximate surface area is 222 Å². The lowest BCUT2D eigenvalue weighted by molar-refractivity contribution is 0.0992. The lowest BCUT2D eigenvalue weighted by atomic mass is 10.2. The largest absolute Gasteiger partial charge is 0.497 e. The molecule has 0 radical (unpaired) electrons. The number of hydrogen-bond acceptors (Lipinski definition) is 8. The summed E-state index contributed by atoms with van der Waals surface area (Å²) >= 11 is 9.17. The lowest BCUT2D eigenvalue weighted by Crippen LogP contribution is -2.25. The molecule has 0 N–H and O–H groups in total. The molecule has 6 aromatic rings. The van der Waals surface area contributed by atoms with Crippen LogP contribution in [0, 0.1) is 0 Å². The van der Waals surface area contributed by atoms with Crippen LogP contribution in [0.3, 0.4) is 0 Å². The summed E-state index contributed by atoms with van der Waals surface area (Å²) in [5.41, 5.74) is 1.09. The number of fused-ring (bicyclic) bond motifs is 3. The van der Waals surface area contributed by atoms with Crippen molar-refractivity contribution < 1.29 is 13.9 Å². The fraction of sp³-hybridized carbons (Fsp3) is 0.0370. The predicted molar refractivity (Wildman–Crippen MR) is 150 cm³/mol. The zero-order valence-electron chi connectivity index (χ0n) is 19.2. The van der Waals surface area contributed by atoms with E-state index in [4.69, 9.17) is 20.8 Å². The molecule has 6 rings (SSSR count). The molecule has 0 aliphatic rings. The van der Waals surface area contributed by atoms with Gasteiger partial charge in [0.15, 0.2) is 0 Å². The van der Waals surface area contributed by atoms with Gasteiger partial charge in [-0.25, -0.2) is 4.98 Å². The van der Waals surface area contributed by atoms with Crippen molar-refractivity contribution in [2.24, 2.45) is 5.10 Å². The molecule has 0 aliphatic carbocycles. The number of ether oxygens (including phenoxy) is 1. The molecule has 0 spiro atoms. The summed E-state index contributed by atoms with van der Waals surface area (Å²) in [4.78, 5) is 31.8. The van der Waals surface area contributed by atoms with Gasteiger partial charge in [0, 0.05) is 10.1 Å². The summed E-state index contributed by atoms with van der Waals surface area (Å²) in [7, 11) is 1.59. The minimum atomic E-state index is -0.460. The molecular formula is C27H16ClN3O4S2. The van der Waals surface area contributed by atoms with Gasteiger partial charge < -0.3 is 9.15 Å². The summed E-state index contributed by atoms with van der Waals surface area (Å²) in [6, 6.07) is 19.9. The molecule has 37 heavy (non-hydrogen) atoms. The van der Waals surface area contributed by atoms with Gasteiger partial charge in [-0.15, -0.1) is 11.3 Å². The number of anilines is 1. The second-order valence-electron chi connectivity index (χ2n) is 7.95. The van der Waals surface area contributed by atoms with Crippen LogP contribution in [0.25, 0.3) is 31.3 Å². The van der Waals surface area contributed by atoms with Gasteiger partial charge >= 0.3 is 0 Å². The zero-order chi connectivity index (χ0) is 25.5. The third-order valence-electron chi connectivity index (χ3n) is 5.71. The summed E-state index contributed by atoms with van der Waals surface area (Å²) in [6.45, 7) is 0. The first-order chi connectivity index (χ1) is 18.0. The van der Waals surface area contributed by atoms with Crippen molar-refractivity contribution >= 4 is 82.8 Å².